The van der Waals surface area contributed by atoms with Crippen molar-refractivity contribution in [1.29, 1.82) is 5.26 Å². The van der Waals surface area contributed by atoms with Crippen LogP contribution >= 0.6 is 0 Å². The molecule has 5 rings (SSSR count). The maximum absolute atomic E-state index is 9.03. The molecule has 4 heterocycles. The summed E-state index contributed by atoms with van der Waals surface area (Å²) in [5.74, 6) is 0. The topological polar surface area (TPSA) is 43.2 Å². The van der Waals surface area contributed by atoms with E-state index < -0.39 is 0 Å². The van der Waals surface area contributed by atoms with Crippen molar-refractivity contribution in [2.45, 2.75) is 31.6 Å². The van der Waals surface area contributed by atoms with E-state index in [-0.39, 0.29) is 0 Å². The van der Waals surface area contributed by atoms with Gasteiger partial charge in [-0.2, -0.15) is 5.26 Å². The molecule has 0 amide bonds. The fourth-order valence-electron chi connectivity index (χ4n) is 3.83. The third-order valence-corrected chi connectivity index (χ3v) is 4.95. The zero-order valence-electron chi connectivity index (χ0n) is 13.1. The molecule has 0 saturated carbocycles. The zero-order valence-corrected chi connectivity index (χ0v) is 13.1. The molecule has 1 aromatic carbocycles. The molecule has 4 heteroatoms. The lowest BCUT2D eigenvalue weighted by molar-refractivity contribution is -0.0777. The van der Waals surface area contributed by atoms with Gasteiger partial charge in [-0.15, -0.1) is 0 Å². The monoisotopic (exact) mass is 304 g/mol. The van der Waals surface area contributed by atoms with Crippen LogP contribution in [0.4, 0.5) is 0 Å². The van der Waals surface area contributed by atoms with Gasteiger partial charge in [-0.3, -0.25) is 14.8 Å². The van der Waals surface area contributed by atoms with Crippen LogP contribution in [0, 0.1) is 11.3 Å². The van der Waals surface area contributed by atoms with Gasteiger partial charge in [-0.05, 0) is 36.2 Å². The first kappa shape index (κ1) is 14.4. The highest BCUT2D eigenvalue weighted by molar-refractivity contribution is 5.33. The molecule has 3 saturated heterocycles. The van der Waals surface area contributed by atoms with E-state index in [1.165, 1.54) is 12.0 Å². The summed E-state index contributed by atoms with van der Waals surface area (Å²) in [4.78, 5) is 9.54. The van der Waals surface area contributed by atoms with Gasteiger partial charge in [-0.25, -0.2) is 0 Å². The van der Waals surface area contributed by atoms with Crippen molar-refractivity contribution in [2.75, 3.05) is 13.1 Å². The summed E-state index contributed by atoms with van der Waals surface area (Å²) < 4.78 is 0. The van der Waals surface area contributed by atoms with E-state index in [9.17, 15) is 0 Å². The van der Waals surface area contributed by atoms with Gasteiger partial charge in [0.05, 0.1) is 17.3 Å². The molecule has 2 unspecified atom stereocenters. The number of hydrogen-bond acceptors (Lipinski definition) is 4. The molecule has 0 aliphatic carbocycles. The standard InChI is InChI=1S/C19H20N4/c20-10-15-4-3-5-16(8-15)11-23-18-9-19(23)14-22(13-18)12-17-6-1-2-7-21-17/h1-8,18-19H,9,11-14H2. The Hall–Kier alpha value is -2.22. The van der Waals surface area contributed by atoms with Crippen LogP contribution in [0.15, 0.2) is 48.7 Å². The van der Waals surface area contributed by atoms with E-state index in [1.54, 1.807) is 0 Å². The van der Waals surface area contributed by atoms with Crippen LogP contribution in [-0.4, -0.2) is 40.0 Å². The van der Waals surface area contributed by atoms with Crippen LogP contribution in [0.5, 0.6) is 0 Å². The lowest BCUT2D eigenvalue weighted by atomic mass is 9.86. The predicted octanol–water partition coefficient (Wildman–Crippen LogP) is 2.41. The SMILES string of the molecule is N#Cc1cccc(CN2C3CC2CN(Cc2ccccn2)C3)c1. The fourth-order valence-corrected chi connectivity index (χ4v) is 3.83. The zero-order chi connectivity index (χ0) is 15.6. The van der Waals surface area contributed by atoms with Gasteiger partial charge in [0.2, 0.25) is 0 Å². The Morgan fingerprint density at radius 2 is 1.96 bits per heavy atom. The molecular formula is C19H20N4. The van der Waals surface area contributed by atoms with Crippen molar-refractivity contribution in [3.8, 4) is 6.07 Å². The summed E-state index contributed by atoms with van der Waals surface area (Å²) in [5, 5.41) is 9.03. The Morgan fingerprint density at radius 3 is 2.70 bits per heavy atom. The average molecular weight is 304 g/mol. The molecule has 1 aromatic heterocycles. The second-order valence-corrected chi connectivity index (χ2v) is 6.54. The average Bonchev–Trinajstić information content (AvgIpc) is 2.61. The van der Waals surface area contributed by atoms with Crippen LogP contribution < -0.4 is 0 Å². The van der Waals surface area contributed by atoms with Gasteiger partial charge >= 0.3 is 0 Å². The number of benzene rings is 1. The first-order valence-electron chi connectivity index (χ1n) is 8.19. The highest BCUT2D eigenvalue weighted by Gasteiger charge is 2.44. The summed E-state index contributed by atoms with van der Waals surface area (Å²) in [5.41, 5.74) is 3.16. The molecule has 0 radical (unpaired) electrons. The van der Waals surface area contributed by atoms with Crippen LogP contribution in [0.1, 0.15) is 23.2 Å². The Balaban J connectivity index is 1.37. The van der Waals surface area contributed by atoms with Crippen LogP contribution in [0.3, 0.4) is 0 Å². The summed E-state index contributed by atoms with van der Waals surface area (Å²) in [7, 11) is 0. The smallest absolute Gasteiger partial charge is 0.0991 e. The number of rotatable bonds is 4. The third-order valence-electron chi connectivity index (χ3n) is 4.95. The van der Waals surface area contributed by atoms with Gasteiger partial charge in [0.1, 0.15) is 0 Å². The van der Waals surface area contributed by atoms with E-state index in [0.29, 0.717) is 12.1 Å². The van der Waals surface area contributed by atoms with E-state index in [0.717, 1.165) is 37.4 Å². The molecule has 2 aromatic rings. The van der Waals surface area contributed by atoms with Crippen molar-refractivity contribution >= 4 is 0 Å². The van der Waals surface area contributed by atoms with Gasteiger partial charge in [0, 0.05) is 44.5 Å². The number of hydrogen-bond donors (Lipinski definition) is 0. The number of nitriles is 1. The summed E-state index contributed by atoms with van der Waals surface area (Å²) in [6.07, 6.45) is 3.17. The number of fused-ring (bicyclic) bond motifs is 2. The fraction of sp³-hybridized carbons (Fsp3) is 0.368. The second-order valence-electron chi connectivity index (χ2n) is 6.54. The molecule has 116 valence electrons. The normalized spacial score (nSPS) is 24.0. The lowest BCUT2D eigenvalue weighted by Gasteiger charge is -2.56. The van der Waals surface area contributed by atoms with E-state index in [2.05, 4.69) is 39.1 Å². The Bertz CT molecular complexity index is 710. The number of aromatic nitrogens is 1. The molecule has 2 atom stereocenters. The largest absolute Gasteiger partial charge is 0.294 e. The van der Waals surface area contributed by atoms with E-state index in [1.807, 2.05) is 30.5 Å². The molecule has 3 aliphatic heterocycles. The van der Waals surface area contributed by atoms with Crippen LogP contribution in [-0.2, 0) is 13.1 Å². The Labute approximate surface area is 137 Å². The quantitative estimate of drug-likeness (QED) is 0.870. The van der Waals surface area contributed by atoms with Crippen molar-refractivity contribution in [3.05, 3.63) is 65.5 Å². The van der Waals surface area contributed by atoms with Crippen LogP contribution in [0.25, 0.3) is 0 Å². The van der Waals surface area contributed by atoms with Crippen LogP contribution in [0.2, 0.25) is 0 Å². The molecule has 3 fully saturated rings. The number of nitrogens with zero attached hydrogens (tertiary/aromatic N) is 4. The highest BCUT2D eigenvalue weighted by Crippen LogP contribution is 2.34. The minimum atomic E-state index is 0.642. The molecule has 0 N–H and O–H groups in total. The van der Waals surface area contributed by atoms with Gasteiger partial charge in [-0.1, -0.05) is 18.2 Å². The lowest BCUT2D eigenvalue weighted by Crippen LogP contribution is -2.67. The first-order chi connectivity index (χ1) is 11.3. The molecule has 2 bridgehead atoms. The van der Waals surface area contributed by atoms with Crippen molar-refractivity contribution in [1.82, 2.24) is 14.8 Å². The maximum atomic E-state index is 9.03. The van der Waals surface area contributed by atoms with Gasteiger partial charge < -0.3 is 0 Å². The molecule has 23 heavy (non-hydrogen) atoms. The minimum absolute atomic E-state index is 0.642. The van der Waals surface area contributed by atoms with Gasteiger partial charge in [0.25, 0.3) is 0 Å². The number of pyridine rings is 1. The molecule has 3 aliphatic rings. The third kappa shape index (κ3) is 2.98. The van der Waals surface area contributed by atoms with Crippen molar-refractivity contribution in [3.63, 3.8) is 0 Å². The molecule has 0 spiro atoms. The van der Waals surface area contributed by atoms with Crippen molar-refractivity contribution < 1.29 is 0 Å². The summed E-state index contributed by atoms with van der Waals surface area (Å²) in [6.45, 7) is 4.14. The maximum Gasteiger partial charge on any atom is 0.0991 e. The number of piperazine rings is 1. The summed E-state index contributed by atoms with van der Waals surface area (Å²) in [6, 6.07) is 17.6. The molecule has 4 nitrogen and oxygen atoms in total. The second kappa shape index (κ2) is 6.11. The Morgan fingerprint density at radius 1 is 1.09 bits per heavy atom. The van der Waals surface area contributed by atoms with E-state index in [4.69, 9.17) is 5.26 Å². The van der Waals surface area contributed by atoms with Crippen molar-refractivity contribution in [2.24, 2.45) is 0 Å². The first-order valence-corrected chi connectivity index (χ1v) is 8.19. The predicted molar refractivity (Wildman–Crippen MR) is 88.4 cm³/mol. The van der Waals surface area contributed by atoms with E-state index >= 15 is 0 Å². The van der Waals surface area contributed by atoms with Gasteiger partial charge in [0.15, 0.2) is 0 Å². The Kier molecular flexibility index (Phi) is 3.82. The number of piperidine rings is 1. The highest BCUT2D eigenvalue weighted by atomic mass is 15.4. The summed E-state index contributed by atoms with van der Waals surface area (Å²) >= 11 is 0. The molecular weight excluding hydrogens is 284 g/mol. The minimum Gasteiger partial charge on any atom is -0.294 e.